The van der Waals surface area contributed by atoms with Crippen LogP contribution in [0.5, 0.6) is 0 Å². The SMILES string of the molecule is NCCCN(CCO)C(=O)NCCC(=O)O. The van der Waals surface area contributed by atoms with Gasteiger partial charge in [0.25, 0.3) is 0 Å². The van der Waals surface area contributed by atoms with Crippen LogP contribution in [0.25, 0.3) is 0 Å². The highest BCUT2D eigenvalue weighted by Crippen LogP contribution is 1.92. The molecule has 0 rings (SSSR count). The summed E-state index contributed by atoms with van der Waals surface area (Å²) in [6.45, 7) is 1.09. The predicted molar refractivity (Wildman–Crippen MR) is 58.0 cm³/mol. The molecule has 0 saturated heterocycles. The smallest absolute Gasteiger partial charge is 0.317 e. The molecule has 2 amide bonds. The van der Waals surface area contributed by atoms with Crippen LogP contribution >= 0.6 is 0 Å². The molecule has 0 radical (unpaired) electrons. The van der Waals surface area contributed by atoms with Gasteiger partial charge in [-0.15, -0.1) is 0 Å². The van der Waals surface area contributed by atoms with Crippen LogP contribution in [0.4, 0.5) is 4.79 Å². The topological polar surface area (TPSA) is 116 Å². The first-order chi connectivity index (χ1) is 7.61. The Balaban J connectivity index is 3.90. The van der Waals surface area contributed by atoms with Crippen molar-refractivity contribution in [3.63, 3.8) is 0 Å². The number of amides is 2. The van der Waals surface area contributed by atoms with Gasteiger partial charge in [0.2, 0.25) is 0 Å². The van der Waals surface area contributed by atoms with Crippen molar-refractivity contribution in [1.82, 2.24) is 10.2 Å². The van der Waals surface area contributed by atoms with E-state index in [2.05, 4.69) is 5.32 Å². The van der Waals surface area contributed by atoms with Gasteiger partial charge in [0.15, 0.2) is 0 Å². The third-order valence-corrected chi connectivity index (χ3v) is 1.90. The van der Waals surface area contributed by atoms with Crippen LogP contribution in [0.3, 0.4) is 0 Å². The number of carboxylic acid groups (broad SMARTS) is 1. The molecule has 7 heteroatoms. The molecule has 0 aromatic heterocycles. The Morgan fingerprint density at radius 1 is 1.31 bits per heavy atom. The van der Waals surface area contributed by atoms with Crippen LogP contribution in [0.2, 0.25) is 0 Å². The minimum absolute atomic E-state index is 0.0821. The molecule has 0 fully saturated rings. The van der Waals surface area contributed by atoms with Crippen molar-refractivity contribution in [2.75, 3.05) is 32.8 Å². The molecule has 16 heavy (non-hydrogen) atoms. The van der Waals surface area contributed by atoms with Gasteiger partial charge in [0.1, 0.15) is 0 Å². The minimum Gasteiger partial charge on any atom is -0.481 e. The number of aliphatic hydroxyl groups is 1. The lowest BCUT2D eigenvalue weighted by Crippen LogP contribution is -2.43. The van der Waals surface area contributed by atoms with Crippen molar-refractivity contribution < 1.29 is 19.8 Å². The fourth-order valence-corrected chi connectivity index (χ4v) is 1.11. The van der Waals surface area contributed by atoms with Crippen molar-refractivity contribution in [2.24, 2.45) is 5.73 Å². The number of hydrogen-bond donors (Lipinski definition) is 4. The molecule has 94 valence electrons. The van der Waals surface area contributed by atoms with E-state index in [1.165, 1.54) is 4.90 Å². The summed E-state index contributed by atoms with van der Waals surface area (Å²) >= 11 is 0. The van der Waals surface area contributed by atoms with Crippen molar-refractivity contribution in [3.8, 4) is 0 Å². The van der Waals surface area contributed by atoms with Crippen LogP contribution in [-0.4, -0.2) is 59.9 Å². The van der Waals surface area contributed by atoms with E-state index in [0.717, 1.165) is 0 Å². The zero-order chi connectivity index (χ0) is 12.4. The number of carboxylic acids is 1. The molecule has 0 aliphatic rings. The average Bonchev–Trinajstić information content (AvgIpc) is 2.23. The molecule has 7 nitrogen and oxygen atoms in total. The molecule has 0 unspecified atom stereocenters. The lowest BCUT2D eigenvalue weighted by Gasteiger charge is -2.21. The molecular weight excluding hydrogens is 214 g/mol. The molecule has 0 spiro atoms. The quantitative estimate of drug-likeness (QED) is 0.421. The van der Waals surface area contributed by atoms with Gasteiger partial charge in [0, 0.05) is 19.6 Å². The number of aliphatic carboxylic acids is 1. The number of nitrogens with one attached hydrogen (secondary N) is 1. The molecular formula is C9H19N3O4. The molecule has 0 saturated carbocycles. The molecule has 0 aliphatic heterocycles. The van der Waals surface area contributed by atoms with Crippen LogP contribution in [0, 0.1) is 0 Å². The Bertz CT molecular complexity index is 223. The second kappa shape index (κ2) is 8.93. The number of carbonyl (C=O) groups is 2. The predicted octanol–water partition coefficient (Wildman–Crippen LogP) is -1.19. The second-order valence-electron chi connectivity index (χ2n) is 3.23. The van der Waals surface area contributed by atoms with E-state index in [1.807, 2.05) is 0 Å². The normalized spacial score (nSPS) is 9.88. The van der Waals surface area contributed by atoms with Gasteiger partial charge in [-0.25, -0.2) is 4.79 Å². The van der Waals surface area contributed by atoms with E-state index in [9.17, 15) is 9.59 Å². The molecule has 0 aliphatic carbocycles. The Kier molecular flexibility index (Phi) is 8.18. The first kappa shape index (κ1) is 14.7. The number of nitrogens with two attached hydrogens (primary N) is 1. The average molecular weight is 233 g/mol. The van der Waals surface area contributed by atoms with Gasteiger partial charge in [-0.3, -0.25) is 4.79 Å². The molecule has 0 aromatic carbocycles. The van der Waals surface area contributed by atoms with Crippen LogP contribution in [0.15, 0.2) is 0 Å². The summed E-state index contributed by atoms with van der Waals surface area (Å²) in [6.07, 6.45) is 0.530. The first-order valence-corrected chi connectivity index (χ1v) is 5.17. The maximum Gasteiger partial charge on any atom is 0.317 e. The summed E-state index contributed by atoms with van der Waals surface area (Å²) in [5, 5.41) is 19.6. The van der Waals surface area contributed by atoms with Gasteiger partial charge >= 0.3 is 12.0 Å². The third kappa shape index (κ3) is 7.02. The number of rotatable bonds is 8. The van der Waals surface area contributed by atoms with E-state index in [1.54, 1.807) is 0 Å². The van der Waals surface area contributed by atoms with Crippen molar-refractivity contribution in [1.29, 1.82) is 0 Å². The molecule has 5 N–H and O–H groups in total. The minimum atomic E-state index is -0.962. The third-order valence-electron chi connectivity index (χ3n) is 1.90. The maximum atomic E-state index is 11.5. The lowest BCUT2D eigenvalue weighted by atomic mass is 10.4. The Morgan fingerprint density at radius 2 is 2.00 bits per heavy atom. The van der Waals surface area contributed by atoms with E-state index in [0.29, 0.717) is 19.5 Å². The van der Waals surface area contributed by atoms with Gasteiger partial charge in [0.05, 0.1) is 13.0 Å². The fraction of sp³-hybridized carbons (Fsp3) is 0.778. The summed E-state index contributed by atoms with van der Waals surface area (Å²) in [5.41, 5.74) is 5.31. The molecule has 0 aromatic rings. The van der Waals surface area contributed by atoms with E-state index < -0.39 is 5.97 Å². The summed E-state index contributed by atoms with van der Waals surface area (Å²) < 4.78 is 0. The zero-order valence-electron chi connectivity index (χ0n) is 9.19. The maximum absolute atomic E-state index is 11.5. The van der Waals surface area contributed by atoms with Crippen LogP contribution in [-0.2, 0) is 4.79 Å². The van der Waals surface area contributed by atoms with E-state index >= 15 is 0 Å². The van der Waals surface area contributed by atoms with Crippen LogP contribution in [0.1, 0.15) is 12.8 Å². The monoisotopic (exact) mass is 233 g/mol. The highest BCUT2D eigenvalue weighted by molar-refractivity contribution is 5.75. The second-order valence-corrected chi connectivity index (χ2v) is 3.23. The van der Waals surface area contributed by atoms with Crippen molar-refractivity contribution in [2.45, 2.75) is 12.8 Å². The fourth-order valence-electron chi connectivity index (χ4n) is 1.11. The Hall–Kier alpha value is -1.34. The van der Waals surface area contributed by atoms with Gasteiger partial charge in [-0.1, -0.05) is 0 Å². The number of nitrogens with zero attached hydrogens (tertiary/aromatic N) is 1. The van der Waals surface area contributed by atoms with Gasteiger partial charge in [-0.05, 0) is 13.0 Å². The number of hydrogen-bond acceptors (Lipinski definition) is 4. The Morgan fingerprint density at radius 3 is 2.50 bits per heavy atom. The lowest BCUT2D eigenvalue weighted by molar-refractivity contribution is -0.136. The molecule has 0 atom stereocenters. The van der Waals surface area contributed by atoms with Crippen molar-refractivity contribution in [3.05, 3.63) is 0 Å². The number of urea groups is 1. The summed E-state index contributed by atoms with van der Waals surface area (Å²) in [5.74, 6) is -0.962. The summed E-state index contributed by atoms with van der Waals surface area (Å²) in [4.78, 5) is 23.1. The van der Waals surface area contributed by atoms with Crippen LogP contribution < -0.4 is 11.1 Å². The van der Waals surface area contributed by atoms with E-state index in [-0.39, 0.29) is 32.1 Å². The van der Waals surface area contributed by atoms with Gasteiger partial charge in [-0.2, -0.15) is 0 Å². The standard InChI is InChI=1S/C9H19N3O4/c10-3-1-5-12(6-7-13)9(16)11-4-2-8(14)15/h13H,1-7,10H2,(H,11,16)(H,14,15). The largest absolute Gasteiger partial charge is 0.481 e. The molecule has 0 bridgehead atoms. The Labute approximate surface area is 94.2 Å². The number of aliphatic hydroxyl groups excluding tert-OH is 1. The summed E-state index contributed by atoms with van der Waals surface area (Å²) in [6, 6.07) is -0.372. The van der Waals surface area contributed by atoms with Gasteiger partial charge < -0.3 is 26.2 Å². The molecule has 0 heterocycles. The first-order valence-electron chi connectivity index (χ1n) is 5.17. The van der Waals surface area contributed by atoms with Crippen molar-refractivity contribution >= 4 is 12.0 Å². The highest BCUT2D eigenvalue weighted by Gasteiger charge is 2.11. The highest BCUT2D eigenvalue weighted by atomic mass is 16.4. The number of carbonyl (C=O) groups excluding carboxylic acids is 1. The summed E-state index contributed by atoms with van der Waals surface area (Å²) in [7, 11) is 0. The van der Waals surface area contributed by atoms with E-state index in [4.69, 9.17) is 15.9 Å². The zero-order valence-corrected chi connectivity index (χ0v) is 9.19.